The Kier molecular flexibility index (Phi) is 2.42. The Morgan fingerprint density at radius 2 is 2.10 bits per heavy atom. The van der Waals surface area contributed by atoms with E-state index in [1.54, 1.807) is 27.3 Å². The van der Waals surface area contributed by atoms with Gasteiger partial charge in [0.25, 0.3) is 5.56 Å². The fraction of sp³-hybridized carbons (Fsp3) is 0.267. The predicted octanol–water partition coefficient (Wildman–Crippen LogP) is 1.76. The van der Waals surface area contributed by atoms with Crippen molar-refractivity contribution < 1.29 is 9.90 Å². The minimum atomic E-state index is -1.07. The molecule has 0 aliphatic heterocycles. The van der Waals surface area contributed by atoms with E-state index in [4.69, 9.17) is 0 Å². The monoisotopic (exact) mass is 283 g/mol. The maximum atomic E-state index is 12.7. The Morgan fingerprint density at radius 1 is 1.33 bits per heavy atom. The molecule has 0 spiro atoms. The van der Waals surface area contributed by atoms with Crippen molar-refractivity contribution >= 4 is 22.5 Å². The summed E-state index contributed by atoms with van der Waals surface area (Å²) >= 11 is 0. The first-order valence-corrected chi connectivity index (χ1v) is 6.89. The normalized spacial score (nSPS) is 14.9. The van der Waals surface area contributed by atoms with Crippen LogP contribution in [0.15, 0.2) is 35.3 Å². The van der Waals surface area contributed by atoms with E-state index in [1.165, 1.54) is 6.20 Å². The predicted molar refractivity (Wildman–Crippen MR) is 76.6 cm³/mol. The summed E-state index contributed by atoms with van der Waals surface area (Å²) < 4.78 is 3.12. The van der Waals surface area contributed by atoms with Crippen molar-refractivity contribution in [1.29, 1.82) is 0 Å². The van der Waals surface area contributed by atoms with Crippen molar-refractivity contribution in [2.45, 2.75) is 19.4 Å². The molecule has 6 nitrogen and oxygen atoms in total. The Bertz CT molecular complexity index is 934. The standard InChI is InChI=1S/C15H13N3O3/c19-14-10-3-1-2-4-12(10)18-13(11(7-16-18)15(20)21)17(14)8-9-5-6-9/h1-4,7,9H,5-6,8H2,(H,20,21). The molecule has 1 aliphatic carbocycles. The largest absolute Gasteiger partial charge is 0.477 e. The highest BCUT2D eigenvalue weighted by Crippen LogP contribution is 2.31. The first-order chi connectivity index (χ1) is 10.2. The molecular weight excluding hydrogens is 270 g/mol. The minimum Gasteiger partial charge on any atom is -0.477 e. The highest BCUT2D eigenvalue weighted by Gasteiger charge is 2.26. The van der Waals surface area contributed by atoms with Gasteiger partial charge in [0.15, 0.2) is 5.65 Å². The van der Waals surface area contributed by atoms with Gasteiger partial charge in [-0.15, -0.1) is 0 Å². The Balaban J connectivity index is 2.18. The Labute approximate surface area is 119 Å². The number of para-hydroxylation sites is 1. The summed E-state index contributed by atoms with van der Waals surface area (Å²) in [6, 6.07) is 7.15. The molecule has 0 bridgehead atoms. The van der Waals surface area contributed by atoms with Crippen LogP contribution in [-0.4, -0.2) is 25.3 Å². The molecule has 1 fully saturated rings. The Morgan fingerprint density at radius 3 is 2.81 bits per heavy atom. The SMILES string of the molecule is O=C(O)c1cnn2c3ccccc3c(=O)n(CC3CC3)c12. The number of nitrogens with zero attached hydrogens (tertiary/aromatic N) is 3. The number of carbonyl (C=O) groups is 1. The maximum Gasteiger partial charge on any atom is 0.341 e. The third-order valence-corrected chi connectivity index (χ3v) is 3.98. The lowest BCUT2D eigenvalue weighted by molar-refractivity contribution is 0.0698. The zero-order valence-electron chi connectivity index (χ0n) is 11.2. The van der Waals surface area contributed by atoms with Gasteiger partial charge < -0.3 is 5.11 Å². The number of aromatic carboxylic acids is 1. The van der Waals surface area contributed by atoms with Crippen LogP contribution in [0.3, 0.4) is 0 Å². The maximum absolute atomic E-state index is 12.7. The highest BCUT2D eigenvalue weighted by molar-refractivity contribution is 5.96. The summed E-state index contributed by atoms with van der Waals surface area (Å²) in [5.74, 6) is -0.603. The fourth-order valence-corrected chi connectivity index (χ4v) is 2.74. The molecule has 0 radical (unpaired) electrons. The molecule has 1 aliphatic rings. The van der Waals surface area contributed by atoms with E-state index in [9.17, 15) is 14.7 Å². The van der Waals surface area contributed by atoms with Gasteiger partial charge in [0.1, 0.15) is 5.56 Å². The van der Waals surface area contributed by atoms with Gasteiger partial charge in [-0.2, -0.15) is 5.10 Å². The van der Waals surface area contributed by atoms with Gasteiger partial charge in [-0.3, -0.25) is 9.36 Å². The summed E-state index contributed by atoms with van der Waals surface area (Å²) in [6.07, 6.45) is 3.48. The molecule has 2 aromatic heterocycles. The van der Waals surface area contributed by atoms with Crippen LogP contribution >= 0.6 is 0 Å². The molecule has 1 N–H and O–H groups in total. The van der Waals surface area contributed by atoms with Crippen molar-refractivity contribution in [2.75, 3.05) is 0 Å². The fourth-order valence-electron chi connectivity index (χ4n) is 2.74. The van der Waals surface area contributed by atoms with Crippen molar-refractivity contribution in [2.24, 2.45) is 5.92 Å². The highest BCUT2D eigenvalue weighted by atomic mass is 16.4. The second-order valence-corrected chi connectivity index (χ2v) is 5.48. The van der Waals surface area contributed by atoms with Gasteiger partial charge in [-0.25, -0.2) is 9.31 Å². The molecule has 0 amide bonds. The first-order valence-electron chi connectivity index (χ1n) is 6.89. The van der Waals surface area contributed by atoms with Crippen LogP contribution in [0.25, 0.3) is 16.6 Å². The molecule has 106 valence electrons. The van der Waals surface area contributed by atoms with E-state index in [2.05, 4.69) is 5.10 Å². The molecule has 6 heteroatoms. The van der Waals surface area contributed by atoms with Crippen LogP contribution in [-0.2, 0) is 6.54 Å². The van der Waals surface area contributed by atoms with Crippen LogP contribution < -0.4 is 5.56 Å². The molecule has 0 unspecified atom stereocenters. The lowest BCUT2D eigenvalue weighted by Gasteiger charge is -2.11. The zero-order chi connectivity index (χ0) is 14.6. The van der Waals surface area contributed by atoms with Crippen molar-refractivity contribution in [3.05, 3.63) is 46.4 Å². The number of hydrogen-bond acceptors (Lipinski definition) is 3. The second-order valence-electron chi connectivity index (χ2n) is 5.48. The van der Waals surface area contributed by atoms with Crippen molar-refractivity contribution in [1.82, 2.24) is 14.2 Å². The number of benzene rings is 1. The van der Waals surface area contributed by atoms with Gasteiger partial charge in [0, 0.05) is 6.54 Å². The molecule has 0 atom stereocenters. The number of fused-ring (bicyclic) bond motifs is 3. The van der Waals surface area contributed by atoms with Gasteiger partial charge in [0.05, 0.1) is 17.1 Å². The van der Waals surface area contributed by atoms with E-state index in [0.717, 1.165) is 12.8 Å². The lowest BCUT2D eigenvalue weighted by Crippen LogP contribution is -2.25. The van der Waals surface area contributed by atoms with Crippen molar-refractivity contribution in [3.63, 3.8) is 0 Å². The van der Waals surface area contributed by atoms with E-state index in [1.807, 2.05) is 6.07 Å². The van der Waals surface area contributed by atoms with Gasteiger partial charge in [0.2, 0.25) is 0 Å². The van der Waals surface area contributed by atoms with Crippen LogP contribution in [0.2, 0.25) is 0 Å². The summed E-state index contributed by atoms with van der Waals surface area (Å²) in [5, 5.41) is 14.1. The molecule has 0 saturated heterocycles. The Hall–Kier alpha value is -2.63. The molecule has 1 saturated carbocycles. The van der Waals surface area contributed by atoms with Crippen LogP contribution in [0.1, 0.15) is 23.2 Å². The topological polar surface area (TPSA) is 76.6 Å². The van der Waals surface area contributed by atoms with Gasteiger partial charge in [-0.05, 0) is 30.9 Å². The molecule has 2 heterocycles. The summed E-state index contributed by atoms with van der Waals surface area (Å²) in [5.41, 5.74) is 0.932. The first kappa shape index (κ1) is 12.1. The van der Waals surface area contributed by atoms with E-state index >= 15 is 0 Å². The summed E-state index contributed by atoms with van der Waals surface area (Å²) in [7, 11) is 0. The summed E-state index contributed by atoms with van der Waals surface area (Å²) in [6.45, 7) is 0.555. The third kappa shape index (κ3) is 1.75. The molecule has 21 heavy (non-hydrogen) atoms. The smallest absolute Gasteiger partial charge is 0.341 e. The molecular formula is C15H13N3O3. The summed E-state index contributed by atoms with van der Waals surface area (Å²) in [4.78, 5) is 24.1. The molecule has 4 rings (SSSR count). The number of aromatic nitrogens is 3. The average molecular weight is 283 g/mol. The number of rotatable bonds is 3. The number of carboxylic acid groups (broad SMARTS) is 1. The minimum absolute atomic E-state index is 0.0681. The van der Waals surface area contributed by atoms with Crippen LogP contribution in [0.5, 0.6) is 0 Å². The lowest BCUT2D eigenvalue weighted by atomic mass is 10.2. The zero-order valence-corrected chi connectivity index (χ0v) is 11.2. The van der Waals surface area contributed by atoms with Gasteiger partial charge in [-0.1, -0.05) is 12.1 Å². The van der Waals surface area contributed by atoms with E-state index in [-0.39, 0.29) is 11.1 Å². The van der Waals surface area contributed by atoms with Crippen LogP contribution in [0, 0.1) is 5.92 Å². The molecule has 1 aromatic carbocycles. The number of carboxylic acids is 1. The van der Waals surface area contributed by atoms with E-state index in [0.29, 0.717) is 29.0 Å². The second kappa shape index (κ2) is 4.18. The average Bonchev–Trinajstić information content (AvgIpc) is 3.18. The van der Waals surface area contributed by atoms with Crippen LogP contribution in [0.4, 0.5) is 0 Å². The number of hydrogen-bond donors (Lipinski definition) is 1. The van der Waals surface area contributed by atoms with Crippen molar-refractivity contribution in [3.8, 4) is 0 Å². The van der Waals surface area contributed by atoms with Gasteiger partial charge >= 0.3 is 5.97 Å². The molecule has 3 aromatic rings. The van der Waals surface area contributed by atoms with E-state index < -0.39 is 5.97 Å². The quantitative estimate of drug-likeness (QED) is 0.794. The third-order valence-electron chi connectivity index (χ3n) is 3.98.